The van der Waals surface area contributed by atoms with Crippen LogP contribution in [0.2, 0.25) is 0 Å². The number of nitrogen functional groups attached to an aromatic ring is 1. The topological polar surface area (TPSA) is 65.2 Å². The second-order valence-corrected chi connectivity index (χ2v) is 3.75. The molecule has 1 aromatic heterocycles. The number of rotatable bonds is 2. The van der Waals surface area contributed by atoms with Gasteiger partial charge in [0.05, 0.1) is 12.7 Å². The van der Waals surface area contributed by atoms with E-state index in [0.717, 1.165) is 6.07 Å². The van der Waals surface area contributed by atoms with Gasteiger partial charge in [-0.2, -0.15) is 0 Å². The molecule has 1 aromatic carbocycles. The first-order chi connectivity index (χ1) is 9.04. The fourth-order valence-corrected chi connectivity index (χ4v) is 1.68. The molecule has 4 nitrogen and oxygen atoms in total. The van der Waals surface area contributed by atoms with Gasteiger partial charge in [-0.3, -0.25) is 0 Å². The van der Waals surface area contributed by atoms with Crippen LogP contribution in [0.15, 0.2) is 30.5 Å². The molecule has 2 N–H and O–H groups in total. The number of hydrogen-bond donors (Lipinski definition) is 1. The lowest BCUT2D eigenvalue weighted by Crippen LogP contribution is -2.06. The van der Waals surface area contributed by atoms with Gasteiger partial charge in [-0.1, -0.05) is 12.1 Å². The van der Waals surface area contributed by atoms with Crippen LogP contribution in [0.5, 0.6) is 0 Å². The van der Waals surface area contributed by atoms with E-state index in [4.69, 9.17) is 5.73 Å². The minimum atomic E-state index is -1.06. The van der Waals surface area contributed by atoms with Crippen molar-refractivity contribution in [3.05, 3.63) is 47.7 Å². The van der Waals surface area contributed by atoms with Gasteiger partial charge in [0.2, 0.25) is 0 Å². The van der Waals surface area contributed by atoms with Gasteiger partial charge in [0, 0.05) is 17.3 Å². The molecule has 6 heteroatoms. The highest BCUT2D eigenvalue weighted by Gasteiger charge is 2.18. The Balaban J connectivity index is 2.68. The van der Waals surface area contributed by atoms with Gasteiger partial charge < -0.3 is 10.5 Å². The summed E-state index contributed by atoms with van der Waals surface area (Å²) in [6.07, 6.45) is 1.21. The number of ether oxygens (including phenoxy) is 1. The third kappa shape index (κ3) is 2.37. The van der Waals surface area contributed by atoms with Gasteiger partial charge in [0.15, 0.2) is 11.6 Å². The summed E-state index contributed by atoms with van der Waals surface area (Å²) < 4.78 is 31.6. The number of hydrogen-bond acceptors (Lipinski definition) is 4. The van der Waals surface area contributed by atoms with Gasteiger partial charge in [-0.15, -0.1) is 0 Å². The van der Waals surface area contributed by atoms with Crippen LogP contribution in [0.4, 0.5) is 14.6 Å². The minimum Gasteiger partial charge on any atom is -0.465 e. The van der Waals surface area contributed by atoms with Crippen LogP contribution in [0, 0.1) is 11.6 Å². The Kier molecular flexibility index (Phi) is 3.41. The van der Waals surface area contributed by atoms with Gasteiger partial charge in [-0.25, -0.2) is 18.6 Å². The monoisotopic (exact) mass is 264 g/mol. The number of methoxy groups -OCH3 is 1. The highest BCUT2D eigenvalue weighted by Crippen LogP contribution is 2.28. The Morgan fingerprint density at radius 3 is 2.74 bits per heavy atom. The summed E-state index contributed by atoms with van der Waals surface area (Å²) in [5.74, 6) is -2.68. The molecule has 0 unspecified atom stereocenters. The average molecular weight is 264 g/mol. The molecular weight excluding hydrogens is 254 g/mol. The van der Waals surface area contributed by atoms with Crippen molar-refractivity contribution in [2.45, 2.75) is 0 Å². The number of esters is 1. The molecule has 2 aromatic rings. The van der Waals surface area contributed by atoms with Gasteiger partial charge in [-0.05, 0) is 12.1 Å². The van der Waals surface area contributed by atoms with E-state index in [1.165, 1.54) is 31.5 Å². The lowest BCUT2D eigenvalue weighted by molar-refractivity contribution is 0.0601. The maximum absolute atomic E-state index is 13.7. The molecule has 0 bridgehead atoms. The second-order valence-electron chi connectivity index (χ2n) is 3.75. The number of benzene rings is 1. The number of nitrogens with two attached hydrogens (primary N) is 1. The molecule has 0 aliphatic rings. The van der Waals surface area contributed by atoms with Crippen LogP contribution in [-0.2, 0) is 4.74 Å². The molecule has 2 rings (SSSR count). The predicted molar refractivity (Wildman–Crippen MR) is 65.3 cm³/mol. The summed E-state index contributed by atoms with van der Waals surface area (Å²) in [5.41, 5.74) is 5.55. The predicted octanol–water partition coefficient (Wildman–Crippen LogP) is 2.40. The van der Waals surface area contributed by atoms with Crippen molar-refractivity contribution in [1.29, 1.82) is 0 Å². The number of carbonyl (C=O) groups excluding carboxylic acids is 1. The maximum Gasteiger partial charge on any atom is 0.338 e. The quantitative estimate of drug-likeness (QED) is 0.846. The van der Waals surface area contributed by atoms with Crippen LogP contribution in [-0.4, -0.2) is 18.1 Å². The third-order valence-electron chi connectivity index (χ3n) is 2.57. The highest BCUT2D eigenvalue weighted by atomic mass is 19.2. The van der Waals surface area contributed by atoms with Crippen LogP contribution < -0.4 is 5.73 Å². The molecule has 0 spiro atoms. The standard InChI is InChI=1S/C13H10F2N2O2/c1-19-13(18)8-5-11(16)17-6-9(8)7-3-2-4-10(14)12(7)15/h2-6H,1H3,(H2,16,17). The van der Waals surface area contributed by atoms with Crippen molar-refractivity contribution >= 4 is 11.8 Å². The average Bonchev–Trinajstić information content (AvgIpc) is 2.41. The number of aromatic nitrogens is 1. The van der Waals surface area contributed by atoms with E-state index < -0.39 is 17.6 Å². The molecule has 0 fully saturated rings. The van der Waals surface area contributed by atoms with E-state index in [2.05, 4.69) is 9.72 Å². The molecule has 98 valence electrons. The van der Waals surface area contributed by atoms with Crippen molar-refractivity contribution in [1.82, 2.24) is 4.98 Å². The van der Waals surface area contributed by atoms with Crippen LogP contribution in [0.25, 0.3) is 11.1 Å². The van der Waals surface area contributed by atoms with Gasteiger partial charge >= 0.3 is 5.97 Å². The van der Waals surface area contributed by atoms with Crippen molar-refractivity contribution in [3.8, 4) is 11.1 Å². The first-order valence-corrected chi connectivity index (χ1v) is 5.32. The Hall–Kier alpha value is -2.50. The molecular formula is C13H10F2N2O2. The van der Waals surface area contributed by atoms with Crippen molar-refractivity contribution < 1.29 is 18.3 Å². The van der Waals surface area contributed by atoms with Crippen molar-refractivity contribution in [2.24, 2.45) is 0 Å². The molecule has 0 amide bonds. The number of anilines is 1. The lowest BCUT2D eigenvalue weighted by Gasteiger charge is -2.09. The van der Waals surface area contributed by atoms with Crippen molar-refractivity contribution in [3.63, 3.8) is 0 Å². The molecule has 0 saturated heterocycles. The van der Waals surface area contributed by atoms with Gasteiger partial charge in [0.1, 0.15) is 5.82 Å². The summed E-state index contributed by atoms with van der Waals surface area (Å²) in [4.78, 5) is 15.4. The Morgan fingerprint density at radius 1 is 1.32 bits per heavy atom. The maximum atomic E-state index is 13.7. The lowest BCUT2D eigenvalue weighted by atomic mass is 10.0. The van der Waals surface area contributed by atoms with Crippen molar-refractivity contribution in [2.75, 3.05) is 12.8 Å². The van der Waals surface area contributed by atoms with Gasteiger partial charge in [0.25, 0.3) is 0 Å². The fraction of sp³-hybridized carbons (Fsp3) is 0.0769. The zero-order chi connectivity index (χ0) is 14.0. The van der Waals surface area contributed by atoms with E-state index in [-0.39, 0.29) is 22.5 Å². The van der Waals surface area contributed by atoms with E-state index in [1.807, 2.05) is 0 Å². The number of carbonyl (C=O) groups is 1. The first-order valence-electron chi connectivity index (χ1n) is 5.32. The zero-order valence-corrected chi connectivity index (χ0v) is 9.98. The largest absolute Gasteiger partial charge is 0.465 e. The Morgan fingerprint density at radius 2 is 2.05 bits per heavy atom. The molecule has 1 heterocycles. The fourth-order valence-electron chi connectivity index (χ4n) is 1.68. The summed E-state index contributed by atoms with van der Waals surface area (Å²) in [7, 11) is 1.19. The molecule has 0 atom stereocenters. The SMILES string of the molecule is COC(=O)c1cc(N)ncc1-c1cccc(F)c1F. The van der Waals surface area contributed by atoms with Crippen LogP contribution in [0.3, 0.4) is 0 Å². The van der Waals surface area contributed by atoms with Crippen LogP contribution >= 0.6 is 0 Å². The van der Waals surface area contributed by atoms with E-state index in [0.29, 0.717) is 0 Å². The van der Waals surface area contributed by atoms with E-state index >= 15 is 0 Å². The highest BCUT2D eigenvalue weighted by molar-refractivity contribution is 5.97. The Labute approximate surface area is 107 Å². The first kappa shape index (κ1) is 12.9. The minimum absolute atomic E-state index is 0.0273. The summed E-state index contributed by atoms with van der Waals surface area (Å²) in [6.45, 7) is 0. The molecule has 0 radical (unpaired) electrons. The summed E-state index contributed by atoms with van der Waals surface area (Å²) in [6, 6.07) is 4.93. The summed E-state index contributed by atoms with van der Waals surface area (Å²) >= 11 is 0. The molecule has 0 aliphatic carbocycles. The van der Waals surface area contributed by atoms with E-state index in [1.54, 1.807) is 0 Å². The molecule has 19 heavy (non-hydrogen) atoms. The van der Waals surface area contributed by atoms with E-state index in [9.17, 15) is 13.6 Å². The number of pyridine rings is 1. The third-order valence-corrected chi connectivity index (χ3v) is 2.57. The second kappa shape index (κ2) is 5.01. The number of halogens is 2. The smallest absolute Gasteiger partial charge is 0.338 e. The Bertz CT molecular complexity index is 645. The number of nitrogens with zero attached hydrogens (tertiary/aromatic N) is 1. The van der Waals surface area contributed by atoms with Crippen LogP contribution in [0.1, 0.15) is 10.4 Å². The molecule has 0 saturated carbocycles. The zero-order valence-electron chi connectivity index (χ0n) is 9.98. The molecule has 0 aliphatic heterocycles. The summed E-state index contributed by atoms with van der Waals surface area (Å²) in [5, 5.41) is 0. The normalized spacial score (nSPS) is 10.3.